The second kappa shape index (κ2) is 8.02. The van der Waals surface area contributed by atoms with Crippen molar-refractivity contribution >= 4 is 17.7 Å². The highest BCUT2D eigenvalue weighted by molar-refractivity contribution is 7.99. The fourth-order valence-electron chi connectivity index (χ4n) is 1.75. The Morgan fingerprint density at radius 2 is 2.22 bits per heavy atom. The summed E-state index contributed by atoms with van der Waals surface area (Å²) in [6.45, 7) is 4.45. The van der Waals surface area contributed by atoms with Crippen molar-refractivity contribution in [2.45, 2.75) is 51.1 Å². The van der Waals surface area contributed by atoms with Crippen molar-refractivity contribution in [3.05, 3.63) is 0 Å². The van der Waals surface area contributed by atoms with Crippen LogP contribution in [0, 0.1) is 0 Å². The van der Waals surface area contributed by atoms with Crippen LogP contribution < -0.4 is 5.32 Å². The molecule has 0 aliphatic heterocycles. The van der Waals surface area contributed by atoms with E-state index >= 15 is 0 Å². The first-order chi connectivity index (χ1) is 8.62. The molecule has 1 aliphatic rings. The van der Waals surface area contributed by atoms with Crippen LogP contribution in [0.15, 0.2) is 0 Å². The largest absolute Gasteiger partial charge is 0.465 e. The summed E-state index contributed by atoms with van der Waals surface area (Å²) in [5, 5.41) is 12.1. The molecule has 4 nitrogen and oxygen atoms in total. The topological polar surface area (TPSA) is 58.6 Å². The van der Waals surface area contributed by atoms with Crippen molar-refractivity contribution in [3.8, 4) is 0 Å². The highest BCUT2D eigenvalue weighted by Gasteiger charge is 2.39. The van der Waals surface area contributed by atoms with Gasteiger partial charge in [-0.1, -0.05) is 0 Å². The van der Waals surface area contributed by atoms with E-state index in [-0.39, 0.29) is 12.6 Å². The van der Waals surface area contributed by atoms with E-state index in [1.807, 2.05) is 13.8 Å². The van der Waals surface area contributed by atoms with Gasteiger partial charge in [0, 0.05) is 12.6 Å². The Labute approximate surface area is 114 Å². The van der Waals surface area contributed by atoms with Gasteiger partial charge in [0.05, 0.1) is 6.61 Å². The number of aliphatic hydroxyl groups is 1. The van der Waals surface area contributed by atoms with E-state index in [0.717, 1.165) is 37.2 Å². The maximum atomic E-state index is 12.0. The molecular formula is C13H25NO3S. The SMILES string of the molecule is CCOC(=O)C(C)(CCSCCCO)NC1CC1. The Bertz CT molecular complexity index is 259. The van der Waals surface area contributed by atoms with Crippen molar-refractivity contribution in [1.29, 1.82) is 0 Å². The molecular weight excluding hydrogens is 250 g/mol. The molecule has 0 radical (unpaired) electrons. The van der Waals surface area contributed by atoms with Gasteiger partial charge < -0.3 is 9.84 Å². The molecule has 5 heteroatoms. The van der Waals surface area contributed by atoms with E-state index in [1.54, 1.807) is 11.8 Å². The first kappa shape index (κ1) is 15.8. The van der Waals surface area contributed by atoms with Gasteiger partial charge in [-0.15, -0.1) is 0 Å². The van der Waals surface area contributed by atoms with Gasteiger partial charge in [-0.2, -0.15) is 11.8 Å². The molecule has 1 atom stereocenters. The van der Waals surface area contributed by atoms with Crippen molar-refractivity contribution in [3.63, 3.8) is 0 Å². The molecule has 2 N–H and O–H groups in total. The number of esters is 1. The summed E-state index contributed by atoms with van der Waals surface area (Å²) in [4.78, 5) is 12.0. The van der Waals surface area contributed by atoms with Gasteiger partial charge in [0.15, 0.2) is 0 Å². The van der Waals surface area contributed by atoms with Gasteiger partial charge >= 0.3 is 5.97 Å². The van der Waals surface area contributed by atoms with Crippen LogP contribution in [0.2, 0.25) is 0 Å². The molecule has 0 spiro atoms. The summed E-state index contributed by atoms with van der Waals surface area (Å²) in [6.07, 6.45) is 3.91. The first-order valence-corrected chi connectivity index (χ1v) is 7.91. The first-order valence-electron chi connectivity index (χ1n) is 6.76. The van der Waals surface area contributed by atoms with Gasteiger partial charge in [-0.3, -0.25) is 10.1 Å². The zero-order valence-electron chi connectivity index (χ0n) is 11.4. The third-order valence-electron chi connectivity index (χ3n) is 3.02. The number of hydrogen-bond acceptors (Lipinski definition) is 5. The number of carbonyl (C=O) groups excluding carboxylic acids is 1. The molecule has 0 saturated heterocycles. The molecule has 1 aliphatic carbocycles. The molecule has 18 heavy (non-hydrogen) atoms. The minimum Gasteiger partial charge on any atom is -0.465 e. The van der Waals surface area contributed by atoms with Crippen LogP contribution in [-0.4, -0.2) is 47.4 Å². The quantitative estimate of drug-likeness (QED) is 0.468. The van der Waals surface area contributed by atoms with Crippen molar-refractivity contribution < 1.29 is 14.6 Å². The lowest BCUT2D eigenvalue weighted by atomic mass is 9.99. The second-order valence-corrected chi connectivity index (χ2v) is 6.14. The second-order valence-electron chi connectivity index (χ2n) is 4.91. The van der Waals surface area contributed by atoms with Crippen molar-refractivity contribution in [2.75, 3.05) is 24.7 Å². The van der Waals surface area contributed by atoms with E-state index in [0.29, 0.717) is 12.6 Å². The fourth-order valence-corrected chi connectivity index (χ4v) is 2.84. The number of carbonyl (C=O) groups is 1. The highest BCUT2D eigenvalue weighted by Crippen LogP contribution is 2.26. The third-order valence-corrected chi connectivity index (χ3v) is 4.09. The van der Waals surface area contributed by atoms with E-state index in [2.05, 4.69) is 5.32 Å². The van der Waals surface area contributed by atoms with Gasteiger partial charge in [-0.05, 0) is 51.0 Å². The monoisotopic (exact) mass is 275 g/mol. The number of nitrogens with one attached hydrogen (secondary N) is 1. The van der Waals surface area contributed by atoms with Crippen LogP contribution in [0.5, 0.6) is 0 Å². The molecule has 1 fully saturated rings. The summed E-state index contributed by atoms with van der Waals surface area (Å²) < 4.78 is 5.16. The lowest BCUT2D eigenvalue weighted by Crippen LogP contribution is -2.52. The van der Waals surface area contributed by atoms with Crippen LogP contribution in [0.4, 0.5) is 0 Å². The number of aliphatic hydroxyl groups excluding tert-OH is 1. The minimum absolute atomic E-state index is 0.139. The normalized spacial score (nSPS) is 18.4. The van der Waals surface area contributed by atoms with Gasteiger partial charge in [0.2, 0.25) is 0 Å². The zero-order valence-corrected chi connectivity index (χ0v) is 12.2. The van der Waals surface area contributed by atoms with E-state index in [9.17, 15) is 4.79 Å². The number of hydrogen-bond donors (Lipinski definition) is 2. The van der Waals surface area contributed by atoms with Crippen LogP contribution >= 0.6 is 11.8 Å². The average Bonchev–Trinajstić information content (AvgIpc) is 3.13. The molecule has 0 bridgehead atoms. The lowest BCUT2D eigenvalue weighted by Gasteiger charge is -2.28. The van der Waals surface area contributed by atoms with Gasteiger partial charge in [0.1, 0.15) is 5.54 Å². The predicted molar refractivity (Wildman–Crippen MR) is 74.8 cm³/mol. The average molecular weight is 275 g/mol. The van der Waals surface area contributed by atoms with E-state index in [1.165, 1.54) is 0 Å². The van der Waals surface area contributed by atoms with Crippen LogP contribution in [0.25, 0.3) is 0 Å². The lowest BCUT2D eigenvalue weighted by molar-refractivity contribution is -0.150. The summed E-state index contributed by atoms with van der Waals surface area (Å²) >= 11 is 1.78. The zero-order chi connectivity index (χ0) is 13.4. The van der Waals surface area contributed by atoms with Gasteiger partial charge in [-0.25, -0.2) is 0 Å². The molecule has 0 aromatic heterocycles. The molecule has 0 amide bonds. The summed E-state index contributed by atoms with van der Waals surface area (Å²) in [7, 11) is 0. The summed E-state index contributed by atoms with van der Waals surface area (Å²) in [5.74, 6) is 1.72. The number of thioether (sulfide) groups is 1. The Hall–Kier alpha value is -0.260. The summed E-state index contributed by atoms with van der Waals surface area (Å²) in [5.41, 5.74) is -0.552. The van der Waals surface area contributed by atoms with E-state index < -0.39 is 5.54 Å². The van der Waals surface area contributed by atoms with Gasteiger partial charge in [0.25, 0.3) is 0 Å². The maximum absolute atomic E-state index is 12.0. The van der Waals surface area contributed by atoms with Crippen LogP contribution in [0.3, 0.4) is 0 Å². The van der Waals surface area contributed by atoms with E-state index in [4.69, 9.17) is 9.84 Å². The Morgan fingerprint density at radius 1 is 1.50 bits per heavy atom. The van der Waals surface area contributed by atoms with Crippen LogP contribution in [-0.2, 0) is 9.53 Å². The molecule has 106 valence electrons. The summed E-state index contributed by atoms with van der Waals surface area (Å²) in [6, 6.07) is 0.488. The number of ether oxygens (including phenoxy) is 1. The predicted octanol–water partition coefficient (Wildman–Crippen LogP) is 1.57. The minimum atomic E-state index is -0.552. The smallest absolute Gasteiger partial charge is 0.326 e. The van der Waals surface area contributed by atoms with Crippen molar-refractivity contribution in [2.24, 2.45) is 0 Å². The molecule has 0 aromatic carbocycles. The number of rotatable bonds is 10. The van der Waals surface area contributed by atoms with Crippen LogP contribution in [0.1, 0.15) is 39.5 Å². The van der Waals surface area contributed by atoms with Crippen molar-refractivity contribution in [1.82, 2.24) is 5.32 Å². The highest BCUT2D eigenvalue weighted by atomic mass is 32.2. The Balaban J connectivity index is 2.35. The molecule has 1 unspecified atom stereocenters. The Morgan fingerprint density at radius 3 is 2.78 bits per heavy atom. The fraction of sp³-hybridized carbons (Fsp3) is 0.923. The molecule has 0 aromatic rings. The molecule has 0 heterocycles. The maximum Gasteiger partial charge on any atom is 0.326 e. The third kappa shape index (κ3) is 5.59. The Kier molecular flexibility index (Phi) is 7.04. The molecule has 1 saturated carbocycles. The standard InChI is InChI=1S/C13H25NO3S/c1-3-17-12(16)13(2,14-11-5-6-11)7-10-18-9-4-8-15/h11,14-15H,3-10H2,1-2H3. The molecule has 1 rings (SSSR count).